The predicted molar refractivity (Wildman–Crippen MR) is 72.3 cm³/mol. The molecule has 0 fully saturated rings. The molecule has 0 spiro atoms. The molecule has 0 saturated carbocycles. The number of aryl methyl sites for hydroxylation is 2. The van der Waals surface area contributed by atoms with Gasteiger partial charge in [0, 0.05) is 24.0 Å². The highest BCUT2D eigenvalue weighted by Gasteiger charge is 2.11. The quantitative estimate of drug-likeness (QED) is 0.650. The van der Waals surface area contributed by atoms with Crippen LogP contribution in [0.15, 0.2) is 5.38 Å². The third-order valence-electron chi connectivity index (χ3n) is 2.80. The molecule has 90 valence electrons. The van der Waals surface area contributed by atoms with E-state index in [4.69, 9.17) is 6.42 Å². The number of nitrogens with one attached hydrogen (secondary N) is 1. The van der Waals surface area contributed by atoms with Crippen molar-refractivity contribution in [3.63, 3.8) is 0 Å². The van der Waals surface area contributed by atoms with Crippen LogP contribution in [0.1, 0.15) is 29.9 Å². The van der Waals surface area contributed by atoms with Crippen LogP contribution >= 0.6 is 11.3 Å². The van der Waals surface area contributed by atoms with Gasteiger partial charge < -0.3 is 5.32 Å². The number of nitrogens with zero attached hydrogens (tertiary/aromatic N) is 2. The number of rotatable bonds is 5. The molecule has 0 radical (unpaired) electrons. The van der Waals surface area contributed by atoms with Crippen LogP contribution in [-0.2, 0) is 6.54 Å². The van der Waals surface area contributed by atoms with E-state index in [0.717, 1.165) is 36.6 Å². The van der Waals surface area contributed by atoms with Crippen LogP contribution in [0.3, 0.4) is 0 Å². The molecule has 0 amide bonds. The van der Waals surface area contributed by atoms with Crippen LogP contribution in [0.4, 0.5) is 0 Å². The predicted octanol–water partition coefficient (Wildman–Crippen LogP) is 2.52. The number of terminal acetylenes is 1. The van der Waals surface area contributed by atoms with Gasteiger partial charge >= 0.3 is 0 Å². The van der Waals surface area contributed by atoms with Gasteiger partial charge in [-0.15, -0.1) is 23.7 Å². The number of imidazole rings is 1. The van der Waals surface area contributed by atoms with Crippen molar-refractivity contribution in [2.24, 2.45) is 0 Å². The van der Waals surface area contributed by atoms with Crippen molar-refractivity contribution in [1.82, 2.24) is 14.7 Å². The highest BCUT2D eigenvalue weighted by Crippen LogP contribution is 2.20. The summed E-state index contributed by atoms with van der Waals surface area (Å²) in [6.45, 7) is 6.00. The van der Waals surface area contributed by atoms with E-state index in [0.29, 0.717) is 0 Å². The zero-order valence-corrected chi connectivity index (χ0v) is 11.1. The van der Waals surface area contributed by atoms with E-state index in [1.807, 2.05) is 0 Å². The fraction of sp³-hybridized carbons (Fsp3) is 0.462. The summed E-state index contributed by atoms with van der Waals surface area (Å²) in [5, 5.41) is 5.56. The molecule has 2 aromatic heterocycles. The smallest absolute Gasteiger partial charge is 0.194 e. The Bertz CT molecular complexity index is 545. The normalized spacial score (nSPS) is 10.9. The van der Waals surface area contributed by atoms with Crippen molar-refractivity contribution in [3.05, 3.63) is 22.5 Å². The highest BCUT2D eigenvalue weighted by atomic mass is 32.1. The van der Waals surface area contributed by atoms with Gasteiger partial charge in [-0.25, -0.2) is 4.98 Å². The van der Waals surface area contributed by atoms with E-state index in [9.17, 15) is 0 Å². The number of unbranched alkanes of at least 4 members (excludes halogenated alkanes) is 1. The summed E-state index contributed by atoms with van der Waals surface area (Å²) in [5.74, 6) is 2.65. The second kappa shape index (κ2) is 5.35. The number of fused-ring (bicyclic) bond motifs is 1. The van der Waals surface area contributed by atoms with Gasteiger partial charge in [0.05, 0.1) is 11.4 Å². The maximum atomic E-state index is 5.22. The molecule has 0 aromatic carbocycles. The number of hydrogen-bond donors (Lipinski definition) is 1. The molecule has 0 atom stereocenters. The zero-order valence-electron chi connectivity index (χ0n) is 10.3. The van der Waals surface area contributed by atoms with Crippen LogP contribution in [0.25, 0.3) is 4.96 Å². The molecule has 0 aliphatic rings. The van der Waals surface area contributed by atoms with Gasteiger partial charge in [-0.3, -0.25) is 4.40 Å². The van der Waals surface area contributed by atoms with Crippen molar-refractivity contribution in [2.45, 2.75) is 33.2 Å². The third-order valence-corrected chi connectivity index (χ3v) is 3.74. The lowest BCUT2D eigenvalue weighted by Crippen LogP contribution is -2.16. The minimum absolute atomic E-state index is 0.839. The summed E-state index contributed by atoms with van der Waals surface area (Å²) in [6, 6.07) is 0. The summed E-state index contributed by atoms with van der Waals surface area (Å²) in [4.78, 5) is 5.64. The third kappa shape index (κ3) is 2.51. The van der Waals surface area contributed by atoms with Gasteiger partial charge in [0.2, 0.25) is 0 Å². The maximum absolute atomic E-state index is 5.22. The molecule has 4 heteroatoms. The Kier molecular flexibility index (Phi) is 3.82. The fourth-order valence-corrected chi connectivity index (χ4v) is 2.83. The van der Waals surface area contributed by atoms with Crippen LogP contribution in [-0.4, -0.2) is 15.9 Å². The first-order chi connectivity index (χ1) is 8.24. The lowest BCUT2D eigenvalue weighted by molar-refractivity contribution is 0.643. The minimum atomic E-state index is 0.839. The minimum Gasteiger partial charge on any atom is -0.311 e. The molecule has 2 aromatic rings. The average Bonchev–Trinajstić information content (AvgIpc) is 2.80. The Balaban J connectivity index is 2.05. The van der Waals surface area contributed by atoms with E-state index in [1.54, 1.807) is 11.3 Å². The first-order valence-electron chi connectivity index (χ1n) is 5.80. The topological polar surface area (TPSA) is 29.3 Å². The Hall–Kier alpha value is -1.31. The monoisotopic (exact) mass is 247 g/mol. The van der Waals surface area contributed by atoms with Crippen LogP contribution in [0.5, 0.6) is 0 Å². The van der Waals surface area contributed by atoms with Crippen molar-refractivity contribution in [1.29, 1.82) is 0 Å². The molecule has 0 aliphatic heterocycles. The van der Waals surface area contributed by atoms with Gasteiger partial charge in [-0.1, -0.05) is 0 Å². The summed E-state index contributed by atoms with van der Waals surface area (Å²) in [6.07, 6.45) is 7.09. The standard InChI is InChI=1S/C13H17N3S/c1-4-5-6-7-14-8-12-11(3)15-13-16(12)10(2)9-17-13/h1,9,14H,5-8H2,2-3H3. The lowest BCUT2D eigenvalue weighted by Gasteiger charge is -2.05. The molecular formula is C13H17N3S. The summed E-state index contributed by atoms with van der Waals surface area (Å²) < 4.78 is 2.23. The fourth-order valence-electron chi connectivity index (χ4n) is 1.90. The largest absolute Gasteiger partial charge is 0.311 e. The Morgan fingerprint density at radius 1 is 1.53 bits per heavy atom. The molecule has 1 N–H and O–H groups in total. The van der Waals surface area contributed by atoms with Crippen molar-refractivity contribution >= 4 is 16.3 Å². The Morgan fingerprint density at radius 2 is 2.35 bits per heavy atom. The average molecular weight is 247 g/mol. The second-order valence-corrected chi connectivity index (χ2v) is 4.96. The highest BCUT2D eigenvalue weighted by molar-refractivity contribution is 7.15. The van der Waals surface area contributed by atoms with Crippen LogP contribution < -0.4 is 5.32 Å². The van der Waals surface area contributed by atoms with Crippen molar-refractivity contribution in [2.75, 3.05) is 6.54 Å². The zero-order chi connectivity index (χ0) is 12.3. The first-order valence-corrected chi connectivity index (χ1v) is 6.68. The number of aromatic nitrogens is 2. The molecule has 0 bridgehead atoms. The Morgan fingerprint density at radius 3 is 3.12 bits per heavy atom. The lowest BCUT2D eigenvalue weighted by atomic mass is 10.3. The van der Waals surface area contributed by atoms with Gasteiger partial charge in [0.25, 0.3) is 0 Å². The molecule has 0 unspecified atom stereocenters. The van der Waals surface area contributed by atoms with Gasteiger partial charge in [0.1, 0.15) is 0 Å². The summed E-state index contributed by atoms with van der Waals surface area (Å²) in [5.41, 5.74) is 3.63. The maximum Gasteiger partial charge on any atom is 0.194 e. The van der Waals surface area contributed by atoms with E-state index in [-0.39, 0.29) is 0 Å². The molecule has 0 saturated heterocycles. The molecule has 17 heavy (non-hydrogen) atoms. The van der Waals surface area contributed by atoms with Gasteiger partial charge in [-0.05, 0) is 26.8 Å². The Labute approximate surface area is 106 Å². The summed E-state index contributed by atoms with van der Waals surface area (Å²) in [7, 11) is 0. The number of hydrogen-bond acceptors (Lipinski definition) is 3. The van der Waals surface area contributed by atoms with E-state index in [1.165, 1.54) is 11.4 Å². The first kappa shape index (κ1) is 12.2. The van der Waals surface area contributed by atoms with Crippen molar-refractivity contribution in [3.8, 4) is 12.3 Å². The molecule has 2 heterocycles. The molecule has 3 nitrogen and oxygen atoms in total. The summed E-state index contributed by atoms with van der Waals surface area (Å²) >= 11 is 1.69. The van der Waals surface area contributed by atoms with E-state index >= 15 is 0 Å². The molecular weight excluding hydrogens is 230 g/mol. The van der Waals surface area contributed by atoms with E-state index < -0.39 is 0 Å². The van der Waals surface area contributed by atoms with Crippen LogP contribution in [0, 0.1) is 26.2 Å². The van der Waals surface area contributed by atoms with Gasteiger partial charge in [-0.2, -0.15) is 0 Å². The SMILES string of the molecule is C#CCCCNCc1c(C)nc2scc(C)n12. The van der Waals surface area contributed by atoms with E-state index in [2.05, 4.69) is 39.8 Å². The molecule has 0 aliphatic carbocycles. The van der Waals surface area contributed by atoms with Crippen LogP contribution in [0.2, 0.25) is 0 Å². The molecule has 2 rings (SSSR count). The second-order valence-electron chi connectivity index (χ2n) is 4.12. The number of thiazole rings is 1. The van der Waals surface area contributed by atoms with Crippen molar-refractivity contribution < 1.29 is 0 Å². The van der Waals surface area contributed by atoms with Gasteiger partial charge in [0.15, 0.2) is 4.96 Å².